The molecule has 0 unspecified atom stereocenters. The number of hydrogen-bond acceptors (Lipinski definition) is 1. The van der Waals surface area contributed by atoms with Crippen molar-refractivity contribution in [1.82, 2.24) is 0 Å². The molecule has 0 atom stereocenters. The van der Waals surface area contributed by atoms with Crippen molar-refractivity contribution < 1.29 is 8.78 Å². The summed E-state index contributed by atoms with van der Waals surface area (Å²) in [5.74, 6) is -0.738. The predicted molar refractivity (Wildman–Crippen MR) is 105 cm³/mol. The largest absolute Gasteiger partial charge is 0.206 e. The van der Waals surface area contributed by atoms with E-state index in [2.05, 4.69) is 6.92 Å². The van der Waals surface area contributed by atoms with Crippen LogP contribution in [-0.2, 0) is 6.42 Å². The number of halogens is 2. The van der Waals surface area contributed by atoms with E-state index in [9.17, 15) is 8.78 Å². The van der Waals surface area contributed by atoms with Crippen molar-refractivity contribution in [2.24, 2.45) is 0 Å². The average Bonchev–Trinajstić information content (AvgIpc) is 2.68. The molecule has 3 aromatic rings. The van der Waals surface area contributed by atoms with E-state index in [1.165, 1.54) is 6.07 Å². The molecule has 1 nitrogen and oxygen atoms in total. The lowest BCUT2D eigenvalue weighted by Gasteiger charge is -2.09. The van der Waals surface area contributed by atoms with Crippen molar-refractivity contribution in [2.45, 2.75) is 32.6 Å². The Morgan fingerprint density at radius 1 is 0.778 bits per heavy atom. The average molecular weight is 361 g/mol. The van der Waals surface area contributed by atoms with Gasteiger partial charge in [-0.1, -0.05) is 56.2 Å². The molecule has 136 valence electrons. The summed E-state index contributed by atoms with van der Waals surface area (Å²) in [6, 6.07) is 18.7. The summed E-state index contributed by atoms with van der Waals surface area (Å²) in [5, 5.41) is 8.86. The molecule has 0 radical (unpaired) electrons. The highest BCUT2D eigenvalue weighted by atomic mass is 19.1. The molecule has 0 aliphatic carbocycles. The maximum Gasteiger partial charge on any atom is 0.131 e. The van der Waals surface area contributed by atoms with Gasteiger partial charge in [0.25, 0.3) is 0 Å². The SMILES string of the molecule is CCCCCc1ccc(-c2ccc(-c3ccc(C#N)cc3)c(F)c2)c(F)c1. The minimum absolute atomic E-state index is 0.325. The molecule has 3 aromatic carbocycles. The Hall–Kier alpha value is -2.99. The van der Waals surface area contributed by atoms with Crippen molar-refractivity contribution in [3.8, 4) is 28.3 Å². The summed E-state index contributed by atoms with van der Waals surface area (Å²) >= 11 is 0. The Kier molecular flexibility index (Phi) is 5.98. The fourth-order valence-corrected chi connectivity index (χ4v) is 3.17. The Morgan fingerprint density at radius 3 is 2.04 bits per heavy atom. The molecule has 0 heterocycles. The lowest BCUT2D eigenvalue weighted by atomic mass is 9.97. The molecule has 0 bridgehead atoms. The molecule has 0 aromatic heterocycles. The standard InChI is InChI=1S/C24H21F2N/c1-2-3-4-5-17-8-12-22(23(25)14-17)20-11-13-21(24(26)15-20)19-9-6-18(16-27)7-10-19/h6-15H,2-5H2,1H3. The summed E-state index contributed by atoms with van der Waals surface area (Å²) in [7, 11) is 0. The summed E-state index contributed by atoms with van der Waals surface area (Å²) < 4.78 is 29.2. The molecule has 0 amide bonds. The van der Waals surface area contributed by atoms with E-state index in [1.54, 1.807) is 48.5 Å². The molecule has 3 heteroatoms. The van der Waals surface area contributed by atoms with E-state index in [-0.39, 0.29) is 5.82 Å². The van der Waals surface area contributed by atoms with E-state index in [0.29, 0.717) is 27.8 Å². The van der Waals surface area contributed by atoms with Crippen LogP contribution in [0, 0.1) is 23.0 Å². The molecule has 27 heavy (non-hydrogen) atoms. The van der Waals surface area contributed by atoms with Gasteiger partial charge in [0.2, 0.25) is 0 Å². The summed E-state index contributed by atoms with van der Waals surface area (Å²) in [4.78, 5) is 0. The number of unbranched alkanes of at least 4 members (excludes halogenated alkanes) is 2. The lowest BCUT2D eigenvalue weighted by molar-refractivity contribution is 0.623. The van der Waals surface area contributed by atoms with E-state index in [4.69, 9.17) is 5.26 Å². The molecule has 3 rings (SSSR count). The normalized spacial score (nSPS) is 10.6. The second-order valence-corrected chi connectivity index (χ2v) is 6.66. The zero-order chi connectivity index (χ0) is 19.2. The highest BCUT2D eigenvalue weighted by Gasteiger charge is 2.11. The zero-order valence-electron chi connectivity index (χ0n) is 15.3. The van der Waals surface area contributed by atoms with E-state index < -0.39 is 5.82 Å². The molecular weight excluding hydrogens is 340 g/mol. The Labute approximate surface area is 158 Å². The van der Waals surface area contributed by atoms with Crippen LogP contribution in [0.4, 0.5) is 8.78 Å². The van der Waals surface area contributed by atoms with Crippen LogP contribution in [0.5, 0.6) is 0 Å². The van der Waals surface area contributed by atoms with Crippen LogP contribution in [-0.4, -0.2) is 0 Å². The molecule has 0 saturated carbocycles. The Balaban J connectivity index is 1.85. The number of nitriles is 1. The highest BCUT2D eigenvalue weighted by Crippen LogP contribution is 2.30. The van der Waals surface area contributed by atoms with Crippen molar-refractivity contribution in [3.63, 3.8) is 0 Å². The number of aryl methyl sites for hydroxylation is 1. The maximum atomic E-state index is 14.6. The van der Waals surface area contributed by atoms with E-state index in [1.807, 2.05) is 12.1 Å². The van der Waals surface area contributed by atoms with Gasteiger partial charge in [-0.2, -0.15) is 5.26 Å². The molecule has 0 aliphatic heterocycles. The number of nitrogens with zero attached hydrogens (tertiary/aromatic N) is 1. The van der Waals surface area contributed by atoms with Crippen molar-refractivity contribution in [2.75, 3.05) is 0 Å². The van der Waals surface area contributed by atoms with Gasteiger partial charge >= 0.3 is 0 Å². The number of rotatable bonds is 6. The molecule has 0 fully saturated rings. The molecule has 0 saturated heterocycles. The third-order valence-electron chi connectivity index (χ3n) is 4.71. The first-order valence-corrected chi connectivity index (χ1v) is 9.21. The van der Waals surface area contributed by atoms with Gasteiger partial charge in [0.05, 0.1) is 11.6 Å². The number of benzene rings is 3. The quantitative estimate of drug-likeness (QED) is 0.438. The van der Waals surface area contributed by atoms with Gasteiger partial charge in [-0.3, -0.25) is 0 Å². The maximum absolute atomic E-state index is 14.6. The minimum atomic E-state index is -0.413. The van der Waals surface area contributed by atoms with Gasteiger partial charge in [0.15, 0.2) is 0 Å². The predicted octanol–water partition coefficient (Wildman–Crippen LogP) is 6.90. The summed E-state index contributed by atoms with van der Waals surface area (Å²) in [6.07, 6.45) is 4.16. The molecule has 0 N–H and O–H groups in total. The topological polar surface area (TPSA) is 23.8 Å². The van der Waals surface area contributed by atoms with Crippen LogP contribution >= 0.6 is 0 Å². The molecular formula is C24H21F2N. The van der Waals surface area contributed by atoms with Crippen LogP contribution in [0.1, 0.15) is 37.3 Å². The van der Waals surface area contributed by atoms with Crippen LogP contribution in [0.2, 0.25) is 0 Å². The second kappa shape index (κ2) is 8.60. The molecule has 0 aliphatic rings. The number of hydrogen-bond donors (Lipinski definition) is 0. The first kappa shape index (κ1) is 18.8. The summed E-state index contributed by atoms with van der Waals surface area (Å²) in [5.41, 5.74) is 3.53. The third kappa shape index (κ3) is 4.41. The van der Waals surface area contributed by atoms with Gasteiger partial charge in [-0.05, 0) is 53.8 Å². The lowest BCUT2D eigenvalue weighted by Crippen LogP contribution is -1.92. The van der Waals surface area contributed by atoms with E-state index >= 15 is 0 Å². The van der Waals surface area contributed by atoms with Gasteiger partial charge in [0, 0.05) is 11.1 Å². The highest BCUT2D eigenvalue weighted by molar-refractivity contribution is 5.71. The van der Waals surface area contributed by atoms with Crippen molar-refractivity contribution in [3.05, 3.63) is 83.4 Å². The minimum Gasteiger partial charge on any atom is -0.206 e. The fourth-order valence-electron chi connectivity index (χ4n) is 3.17. The first-order chi connectivity index (χ1) is 13.1. The summed E-state index contributed by atoms with van der Waals surface area (Å²) in [6.45, 7) is 2.14. The van der Waals surface area contributed by atoms with Crippen LogP contribution < -0.4 is 0 Å². The van der Waals surface area contributed by atoms with E-state index in [0.717, 1.165) is 31.2 Å². The second-order valence-electron chi connectivity index (χ2n) is 6.66. The smallest absolute Gasteiger partial charge is 0.131 e. The fraction of sp³-hybridized carbons (Fsp3) is 0.208. The Morgan fingerprint density at radius 2 is 1.41 bits per heavy atom. The van der Waals surface area contributed by atoms with Gasteiger partial charge in [0.1, 0.15) is 11.6 Å². The zero-order valence-corrected chi connectivity index (χ0v) is 15.3. The van der Waals surface area contributed by atoms with Crippen LogP contribution in [0.25, 0.3) is 22.3 Å². The third-order valence-corrected chi connectivity index (χ3v) is 4.71. The van der Waals surface area contributed by atoms with Gasteiger partial charge in [-0.15, -0.1) is 0 Å². The van der Waals surface area contributed by atoms with Crippen molar-refractivity contribution >= 4 is 0 Å². The monoisotopic (exact) mass is 361 g/mol. The van der Waals surface area contributed by atoms with Crippen molar-refractivity contribution in [1.29, 1.82) is 5.26 Å². The Bertz CT molecular complexity index is 969. The molecule has 0 spiro atoms. The first-order valence-electron chi connectivity index (χ1n) is 9.21. The van der Waals surface area contributed by atoms with Crippen LogP contribution in [0.15, 0.2) is 60.7 Å². The van der Waals surface area contributed by atoms with Gasteiger partial charge < -0.3 is 0 Å². The van der Waals surface area contributed by atoms with Crippen LogP contribution in [0.3, 0.4) is 0 Å². The van der Waals surface area contributed by atoms with Gasteiger partial charge in [-0.25, -0.2) is 8.78 Å².